The second-order valence-corrected chi connectivity index (χ2v) is 7.86. The summed E-state index contributed by atoms with van der Waals surface area (Å²) in [7, 11) is 1.54. The molecule has 172 valence electrons. The summed E-state index contributed by atoms with van der Waals surface area (Å²) in [6.45, 7) is 0.347. The average molecular weight is 447 g/mol. The van der Waals surface area contributed by atoms with Crippen LogP contribution in [0.4, 0.5) is 8.78 Å². The lowest BCUT2D eigenvalue weighted by Crippen LogP contribution is -2.34. The van der Waals surface area contributed by atoms with Crippen LogP contribution in [0.5, 0.6) is 11.5 Å². The predicted molar refractivity (Wildman–Crippen MR) is 114 cm³/mol. The van der Waals surface area contributed by atoms with Crippen LogP contribution in [0, 0.1) is 28.9 Å². The summed E-state index contributed by atoms with van der Waals surface area (Å²) in [6, 6.07) is 8.83. The van der Waals surface area contributed by atoms with Crippen LogP contribution in [0.1, 0.15) is 41.6 Å². The normalized spacial score (nSPS) is 18.0. The number of halogens is 2. The molecule has 2 aromatic carbocycles. The first-order valence-electron chi connectivity index (χ1n) is 10.4. The highest BCUT2D eigenvalue weighted by Crippen LogP contribution is 2.29. The molecule has 7 nitrogen and oxygen atoms in total. The van der Waals surface area contributed by atoms with E-state index in [1.807, 2.05) is 5.48 Å². The van der Waals surface area contributed by atoms with Crippen LogP contribution in [-0.2, 0) is 6.61 Å². The SMILES string of the molecule is COc1ccc(COc2c(F)cc(C(=O)NCC3CCC(C(=N)NO)CC3)cc2F)cc1. The minimum absolute atomic E-state index is 0.0133. The molecule has 0 atom stereocenters. The number of amides is 1. The molecule has 0 unspecified atom stereocenters. The van der Waals surface area contributed by atoms with Gasteiger partial charge in [0.05, 0.1) is 7.11 Å². The quantitative estimate of drug-likeness (QED) is 0.278. The average Bonchev–Trinajstić information content (AvgIpc) is 2.82. The maximum atomic E-state index is 14.4. The first-order valence-corrected chi connectivity index (χ1v) is 10.4. The van der Waals surface area contributed by atoms with Crippen molar-refractivity contribution in [2.45, 2.75) is 32.3 Å². The number of carbonyl (C=O) groups excluding carboxylic acids is 1. The highest BCUT2D eigenvalue weighted by molar-refractivity contribution is 5.94. The van der Waals surface area contributed by atoms with Crippen LogP contribution in [0.25, 0.3) is 0 Å². The molecule has 9 heteroatoms. The van der Waals surface area contributed by atoms with E-state index in [0.717, 1.165) is 37.8 Å². The van der Waals surface area contributed by atoms with Crippen molar-refractivity contribution in [3.05, 3.63) is 59.2 Å². The Kier molecular flexibility index (Phi) is 7.99. The number of carbonyl (C=O) groups is 1. The Labute approximate surface area is 185 Å². The van der Waals surface area contributed by atoms with E-state index >= 15 is 0 Å². The molecule has 1 saturated carbocycles. The summed E-state index contributed by atoms with van der Waals surface area (Å²) >= 11 is 0. The fourth-order valence-corrected chi connectivity index (χ4v) is 3.79. The molecule has 0 aliphatic heterocycles. The maximum absolute atomic E-state index is 14.4. The lowest BCUT2D eigenvalue weighted by atomic mass is 9.81. The van der Waals surface area contributed by atoms with E-state index in [-0.39, 0.29) is 29.8 Å². The van der Waals surface area contributed by atoms with Gasteiger partial charge >= 0.3 is 0 Å². The Morgan fingerprint density at radius 3 is 2.31 bits per heavy atom. The van der Waals surface area contributed by atoms with Crippen molar-refractivity contribution in [2.24, 2.45) is 11.8 Å². The maximum Gasteiger partial charge on any atom is 0.251 e. The minimum atomic E-state index is -0.945. The van der Waals surface area contributed by atoms with Crippen LogP contribution in [0.15, 0.2) is 36.4 Å². The van der Waals surface area contributed by atoms with Crippen molar-refractivity contribution in [1.82, 2.24) is 10.8 Å². The van der Waals surface area contributed by atoms with E-state index in [9.17, 15) is 13.6 Å². The van der Waals surface area contributed by atoms with Crippen LogP contribution < -0.4 is 20.3 Å². The second-order valence-electron chi connectivity index (χ2n) is 7.86. The summed E-state index contributed by atoms with van der Waals surface area (Å²) in [4.78, 5) is 12.4. The van der Waals surface area contributed by atoms with Gasteiger partial charge in [0, 0.05) is 18.0 Å². The highest BCUT2D eigenvalue weighted by atomic mass is 19.1. The number of hydrogen-bond acceptors (Lipinski definition) is 5. The number of nitrogens with one attached hydrogen (secondary N) is 3. The monoisotopic (exact) mass is 447 g/mol. The molecule has 0 saturated heterocycles. The molecule has 0 bridgehead atoms. The van der Waals surface area contributed by atoms with Gasteiger partial charge in [-0.1, -0.05) is 12.1 Å². The third kappa shape index (κ3) is 5.94. The summed E-state index contributed by atoms with van der Waals surface area (Å²) in [5, 5.41) is 19.2. The molecular weight excluding hydrogens is 420 g/mol. The van der Waals surface area contributed by atoms with Crippen LogP contribution in [0.3, 0.4) is 0 Å². The van der Waals surface area contributed by atoms with Gasteiger partial charge in [-0.25, -0.2) is 8.78 Å². The number of benzene rings is 2. The highest BCUT2D eigenvalue weighted by Gasteiger charge is 2.25. The van der Waals surface area contributed by atoms with Crippen molar-refractivity contribution in [3.63, 3.8) is 0 Å². The van der Waals surface area contributed by atoms with Gasteiger partial charge in [-0.2, -0.15) is 0 Å². The number of amidine groups is 1. The third-order valence-corrected chi connectivity index (χ3v) is 5.73. The molecule has 1 aliphatic rings. The lowest BCUT2D eigenvalue weighted by molar-refractivity contribution is 0.0941. The first kappa shape index (κ1) is 23.5. The Hall–Kier alpha value is -3.20. The predicted octanol–water partition coefficient (Wildman–Crippen LogP) is 4.04. The number of hydroxylamine groups is 1. The molecule has 4 N–H and O–H groups in total. The molecular formula is C23H27F2N3O4. The topological polar surface area (TPSA) is 104 Å². The van der Waals surface area contributed by atoms with Crippen molar-refractivity contribution in [3.8, 4) is 11.5 Å². The van der Waals surface area contributed by atoms with Gasteiger partial charge in [-0.15, -0.1) is 0 Å². The largest absolute Gasteiger partial charge is 0.497 e. The van der Waals surface area contributed by atoms with Crippen molar-refractivity contribution in [1.29, 1.82) is 5.41 Å². The van der Waals surface area contributed by atoms with Gasteiger partial charge in [0.2, 0.25) is 0 Å². The summed E-state index contributed by atoms with van der Waals surface area (Å²) < 4.78 is 39.2. The molecule has 32 heavy (non-hydrogen) atoms. The van der Waals surface area contributed by atoms with E-state index in [1.54, 1.807) is 31.4 Å². The number of methoxy groups -OCH3 is 1. The Bertz CT molecular complexity index is 922. The molecule has 0 aromatic heterocycles. The van der Waals surface area contributed by atoms with Gasteiger partial charge in [-0.05, 0) is 61.4 Å². The fourth-order valence-electron chi connectivity index (χ4n) is 3.79. The molecule has 0 heterocycles. The van der Waals surface area contributed by atoms with Crippen LogP contribution in [-0.4, -0.2) is 30.6 Å². The minimum Gasteiger partial charge on any atom is -0.497 e. The molecule has 1 amide bonds. The molecule has 1 fully saturated rings. The number of hydrogen-bond donors (Lipinski definition) is 4. The zero-order valence-electron chi connectivity index (χ0n) is 17.8. The Balaban J connectivity index is 1.53. The van der Waals surface area contributed by atoms with Crippen molar-refractivity contribution < 1.29 is 28.3 Å². The van der Waals surface area contributed by atoms with E-state index in [0.29, 0.717) is 17.9 Å². The first-order chi connectivity index (χ1) is 15.4. The molecule has 0 spiro atoms. The lowest BCUT2D eigenvalue weighted by Gasteiger charge is -2.28. The summed E-state index contributed by atoms with van der Waals surface area (Å²) in [5.74, 6) is -2.02. The van der Waals surface area contributed by atoms with Crippen LogP contribution >= 0.6 is 0 Å². The zero-order valence-corrected chi connectivity index (χ0v) is 17.8. The van der Waals surface area contributed by atoms with E-state index in [2.05, 4.69) is 5.32 Å². The molecule has 1 aliphatic carbocycles. The van der Waals surface area contributed by atoms with E-state index in [1.165, 1.54) is 0 Å². The van der Waals surface area contributed by atoms with Gasteiger partial charge in [0.25, 0.3) is 5.91 Å². The van der Waals surface area contributed by atoms with Crippen molar-refractivity contribution >= 4 is 11.7 Å². The van der Waals surface area contributed by atoms with Gasteiger partial charge < -0.3 is 14.8 Å². The standard InChI is InChI=1S/C23H27F2N3O4/c1-31-18-8-4-15(5-9-18)13-32-21-19(24)10-17(11-20(21)25)23(29)27-12-14-2-6-16(7-3-14)22(26)28-30/h4-5,8-11,14,16,30H,2-3,6-7,12-13H2,1H3,(H2,26,28)(H,27,29). The zero-order chi connectivity index (χ0) is 23.1. The van der Waals surface area contributed by atoms with Crippen LogP contribution in [0.2, 0.25) is 0 Å². The van der Waals surface area contributed by atoms with Gasteiger partial charge in [0.15, 0.2) is 17.4 Å². The molecule has 0 radical (unpaired) electrons. The van der Waals surface area contributed by atoms with E-state index in [4.69, 9.17) is 20.1 Å². The van der Waals surface area contributed by atoms with Gasteiger partial charge in [0.1, 0.15) is 18.2 Å². The Morgan fingerprint density at radius 2 is 1.75 bits per heavy atom. The summed E-state index contributed by atoms with van der Waals surface area (Å²) in [6.07, 6.45) is 3.04. The summed E-state index contributed by atoms with van der Waals surface area (Å²) in [5.41, 5.74) is 2.49. The van der Waals surface area contributed by atoms with E-state index < -0.39 is 23.3 Å². The smallest absolute Gasteiger partial charge is 0.251 e. The van der Waals surface area contributed by atoms with Crippen molar-refractivity contribution in [2.75, 3.05) is 13.7 Å². The molecule has 2 aromatic rings. The Morgan fingerprint density at radius 1 is 1.12 bits per heavy atom. The molecule has 3 rings (SSSR count). The number of rotatable bonds is 8. The number of ether oxygens (including phenoxy) is 2. The van der Waals surface area contributed by atoms with Gasteiger partial charge in [-0.3, -0.25) is 20.9 Å². The fraction of sp³-hybridized carbons (Fsp3) is 0.391. The third-order valence-electron chi connectivity index (χ3n) is 5.73. The second kappa shape index (κ2) is 10.9.